The van der Waals surface area contributed by atoms with Crippen LogP contribution in [0.3, 0.4) is 0 Å². The van der Waals surface area contributed by atoms with Gasteiger partial charge in [-0.05, 0) is 30.5 Å². The van der Waals surface area contributed by atoms with Gasteiger partial charge in [0.1, 0.15) is 0 Å². The zero-order valence-corrected chi connectivity index (χ0v) is 15.7. The van der Waals surface area contributed by atoms with Gasteiger partial charge >= 0.3 is 0 Å². The van der Waals surface area contributed by atoms with Crippen molar-refractivity contribution in [2.45, 2.75) is 25.9 Å². The molecule has 0 N–H and O–H groups in total. The van der Waals surface area contributed by atoms with Crippen LogP contribution in [0.15, 0.2) is 54.6 Å². The van der Waals surface area contributed by atoms with Crippen LogP contribution in [0, 0.1) is 0 Å². The molecular formula is C22H30N2O. The first-order chi connectivity index (χ1) is 12.1. The van der Waals surface area contributed by atoms with Gasteiger partial charge in [0.2, 0.25) is 0 Å². The van der Waals surface area contributed by atoms with Crippen molar-refractivity contribution in [1.29, 1.82) is 0 Å². The maximum absolute atomic E-state index is 5.37. The summed E-state index contributed by atoms with van der Waals surface area (Å²) in [5.41, 5.74) is 4.08. The third kappa shape index (κ3) is 4.69. The summed E-state index contributed by atoms with van der Waals surface area (Å²) in [7, 11) is 1.79. The minimum atomic E-state index is 0.123. The standard InChI is InChI=1S/C22H30N2O/c1-22(2,18-25-3)24-15-13-23(14-16-24)17-19-9-11-21(12-10-19)20-7-5-4-6-8-20/h4-12H,13-18H2,1-3H3. The lowest BCUT2D eigenvalue weighted by atomic mass is 10.0. The molecule has 1 saturated heterocycles. The third-order valence-electron chi connectivity index (χ3n) is 5.19. The SMILES string of the molecule is COCC(C)(C)N1CCN(Cc2ccc(-c3ccccc3)cc2)CC1. The van der Waals surface area contributed by atoms with Gasteiger partial charge in [0.25, 0.3) is 0 Å². The number of rotatable bonds is 6. The van der Waals surface area contributed by atoms with E-state index in [0.717, 1.165) is 39.3 Å². The van der Waals surface area contributed by atoms with Gasteiger partial charge in [-0.15, -0.1) is 0 Å². The number of ether oxygens (including phenoxy) is 1. The monoisotopic (exact) mass is 338 g/mol. The van der Waals surface area contributed by atoms with E-state index in [1.807, 2.05) is 0 Å². The van der Waals surface area contributed by atoms with Crippen LogP contribution in [0.5, 0.6) is 0 Å². The largest absolute Gasteiger partial charge is 0.383 e. The minimum absolute atomic E-state index is 0.123. The highest BCUT2D eigenvalue weighted by Crippen LogP contribution is 2.21. The molecule has 3 nitrogen and oxygen atoms in total. The van der Waals surface area contributed by atoms with E-state index < -0.39 is 0 Å². The fourth-order valence-electron chi connectivity index (χ4n) is 3.65. The molecule has 0 radical (unpaired) electrons. The highest BCUT2D eigenvalue weighted by Gasteiger charge is 2.29. The Morgan fingerprint density at radius 3 is 2.04 bits per heavy atom. The van der Waals surface area contributed by atoms with Crippen LogP contribution >= 0.6 is 0 Å². The van der Waals surface area contributed by atoms with E-state index in [1.165, 1.54) is 16.7 Å². The van der Waals surface area contributed by atoms with E-state index in [2.05, 4.69) is 78.2 Å². The average Bonchev–Trinajstić information content (AvgIpc) is 2.63. The van der Waals surface area contributed by atoms with Crippen LogP contribution in [0.25, 0.3) is 11.1 Å². The summed E-state index contributed by atoms with van der Waals surface area (Å²) >= 11 is 0. The Kier molecular flexibility index (Phi) is 5.89. The Morgan fingerprint density at radius 2 is 1.44 bits per heavy atom. The van der Waals surface area contributed by atoms with Crippen molar-refractivity contribution in [2.75, 3.05) is 39.9 Å². The summed E-state index contributed by atoms with van der Waals surface area (Å²) in [5, 5.41) is 0. The first kappa shape index (κ1) is 18.1. The second-order valence-corrected chi connectivity index (χ2v) is 7.57. The molecular weight excluding hydrogens is 308 g/mol. The van der Waals surface area contributed by atoms with Gasteiger partial charge in [-0.3, -0.25) is 9.80 Å². The van der Waals surface area contributed by atoms with Crippen molar-refractivity contribution >= 4 is 0 Å². The normalized spacial score (nSPS) is 16.9. The fourth-order valence-corrected chi connectivity index (χ4v) is 3.65. The quantitative estimate of drug-likeness (QED) is 0.794. The fraction of sp³-hybridized carbons (Fsp3) is 0.455. The van der Waals surface area contributed by atoms with Gasteiger partial charge in [0, 0.05) is 45.4 Å². The van der Waals surface area contributed by atoms with Crippen molar-refractivity contribution in [3.8, 4) is 11.1 Å². The Bertz CT molecular complexity index is 643. The summed E-state index contributed by atoms with van der Waals surface area (Å²) in [6.45, 7) is 10.8. The molecule has 3 rings (SSSR count). The van der Waals surface area contributed by atoms with Crippen molar-refractivity contribution in [3.05, 3.63) is 60.2 Å². The van der Waals surface area contributed by atoms with Crippen molar-refractivity contribution in [1.82, 2.24) is 9.80 Å². The topological polar surface area (TPSA) is 15.7 Å². The van der Waals surface area contributed by atoms with Crippen molar-refractivity contribution in [2.24, 2.45) is 0 Å². The Morgan fingerprint density at radius 1 is 0.840 bits per heavy atom. The second kappa shape index (κ2) is 8.13. The number of piperazine rings is 1. The molecule has 3 heteroatoms. The summed E-state index contributed by atoms with van der Waals surface area (Å²) < 4.78 is 5.37. The van der Waals surface area contributed by atoms with E-state index in [-0.39, 0.29) is 5.54 Å². The Hall–Kier alpha value is -1.68. The van der Waals surface area contributed by atoms with Crippen LogP contribution in [0.1, 0.15) is 19.4 Å². The number of methoxy groups -OCH3 is 1. The lowest BCUT2D eigenvalue weighted by Crippen LogP contribution is -2.56. The maximum atomic E-state index is 5.37. The van der Waals surface area contributed by atoms with Crippen LogP contribution < -0.4 is 0 Å². The molecule has 0 amide bonds. The molecule has 0 aliphatic carbocycles. The summed E-state index contributed by atoms with van der Waals surface area (Å²) in [6.07, 6.45) is 0. The highest BCUT2D eigenvalue weighted by atomic mass is 16.5. The lowest BCUT2D eigenvalue weighted by Gasteiger charge is -2.43. The molecule has 1 aliphatic heterocycles. The number of benzene rings is 2. The molecule has 1 aliphatic rings. The molecule has 0 bridgehead atoms. The number of nitrogens with zero attached hydrogens (tertiary/aromatic N) is 2. The second-order valence-electron chi connectivity index (χ2n) is 7.57. The van der Waals surface area contributed by atoms with Crippen molar-refractivity contribution in [3.63, 3.8) is 0 Å². The average molecular weight is 338 g/mol. The van der Waals surface area contributed by atoms with E-state index in [9.17, 15) is 0 Å². The van der Waals surface area contributed by atoms with Gasteiger partial charge in [0.05, 0.1) is 6.61 Å². The summed E-state index contributed by atoms with van der Waals surface area (Å²) in [4.78, 5) is 5.10. The van der Waals surface area contributed by atoms with Gasteiger partial charge in [0.15, 0.2) is 0 Å². The maximum Gasteiger partial charge on any atom is 0.0641 e. The Balaban J connectivity index is 1.54. The molecule has 0 atom stereocenters. The predicted octanol–water partition coefficient (Wildman–Crippen LogP) is 3.90. The van der Waals surface area contributed by atoms with Gasteiger partial charge in [-0.1, -0.05) is 54.6 Å². The molecule has 134 valence electrons. The third-order valence-corrected chi connectivity index (χ3v) is 5.19. The molecule has 1 heterocycles. The highest BCUT2D eigenvalue weighted by molar-refractivity contribution is 5.63. The number of hydrogen-bond acceptors (Lipinski definition) is 3. The zero-order chi connectivity index (χ0) is 17.7. The molecule has 0 saturated carbocycles. The smallest absolute Gasteiger partial charge is 0.0641 e. The van der Waals surface area contributed by atoms with E-state index >= 15 is 0 Å². The zero-order valence-electron chi connectivity index (χ0n) is 15.7. The van der Waals surface area contributed by atoms with E-state index in [0.29, 0.717) is 0 Å². The van der Waals surface area contributed by atoms with Gasteiger partial charge in [-0.25, -0.2) is 0 Å². The van der Waals surface area contributed by atoms with Crippen molar-refractivity contribution < 1.29 is 4.74 Å². The van der Waals surface area contributed by atoms with Crippen LogP contribution in [0.2, 0.25) is 0 Å². The predicted molar refractivity (Wildman–Crippen MR) is 105 cm³/mol. The molecule has 1 fully saturated rings. The lowest BCUT2D eigenvalue weighted by molar-refractivity contribution is 0.000753. The van der Waals surface area contributed by atoms with Gasteiger partial charge in [-0.2, -0.15) is 0 Å². The van der Waals surface area contributed by atoms with Gasteiger partial charge < -0.3 is 4.74 Å². The summed E-state index contributed by atoms with van der Waals surface area (Å²) in [5.74, 6) is 0. The van der Waals surface area contributed by atoms with Crippen LogP contribution in [0.4, 0.5) is 0 Å². The first-order valence-electron chi connectivity index (χ1n) is 9.19. The van der Waals surface area contributed by atoms with Crippen LogP contribution in [-0.4, -0.2) is 55.2 Å². The minimum Gasteiger partial charge on any atom is -0.383 e. The first-order valence-corrected chi connectivity index (χ1v) is 9.19. The number of hydrogen-bond donors (Lipinski definition) is 0. The van der Waals surface area contributed by atoms with E-state index in [1.54, 1.807) is 7.11 Å². The molecule has 0 aromatic heterocycles. The molecule has 25 heavy (non-hydrogen) atoms. The summed E-state index contributed by atoms with van der Waals surface area (Å²) in [6, 6.07) is 19.6. The molecule has 2 aromatic rings. The Labute approximate surface area is 152 Å². The molecule has 2 aromatic carbocycles. The molecule has 0 unspecified atom stereocenters. The molecule has 0 spiro atoms. The van der Waals surface area contributed by atoms with Crippen LogP contribution in [-0.2, 0) is 11.3 Å². The van der Waals surface area contributed by atoms with E-state index in [4.69, 9.17) is 4.74 Å².